The van der Waals surface area contributed by atoms with E-state index in [1.54, 1.807) is 0 Å². The average Bonchev–Trinajstić information content (AvgIpc) is 3.35. The van der Waals surface area contributed by atoms with Crippen LogP contribution >= 0.6 is 0 Å². The molecule has 0 atom stereocenters. The summed E-state index contributed by atoms with van der Waals surface area (Å²) >= 11 is 0. The van der Waals surface area contributed by atoms with Crippen LogP contribution in [0.15, 0.2) is 60.9 Å². The van der Waals surface area contributed by atoms with E-state index < -0.39 is 0 Å². The summed E-state index contributed by atoms with van der Waals surface area (Å²) in [7, 11) is 0. The third-order valence-corrected chi connectivity index (χ3v) is 5.74. The molecule has 2 aromatic heterocycles. The molecular weight excluding hydrogens is 292 g/mol. The molecule has 0 radical (unpaired) electrons. The number of hydrogen-bond donors (Lipinski definition) is 2. The van der Waals surface area contributed by atoms with Crippen LogP contribution in [0.4, 0.5) is 0 Å². The summed E-state index contributed by atoms with van der Waals surface area (Å²) in [6.45, 7) is 0. The van der Waals surface area contributed by atoms with Crippen LogP contribution in [-0.4, -0.2) is 9.97 Å². The van der Waals surface area contributed by atoms with Crippen LogP contribution in [0, 0.1) is 0 Å². The molecule has 0 aliphatic rings. The summed E-state index contributed by atoms with van der Waals surface area (Å²) in [6.07, 6.45) is 4.11. The van der Waals surface area contributed by atoms with E-state index in [9.17, 15) is 0 Å². The first kappa shape index (κ1) is 11.3. The van der Waals surface area contributed by atoms with E-state index in [2.05, 4.69) is 70.9 Å². The van der Waals surface area contributed by atoms with E-state index >= 15 is 0 Å². The lowest BCUT2D eigenvalue weighted by molar-refractivity contribution is 1.49. The van der Waals surface area contributed by atoms with Crippen LogP contribution in [0.1, 0.15) is 0 Å². The molecule has 7 rings (SSSR count). The molecule has 24 heavy (non-hydrogen) atoms. The SMILES string of the molecule is c1cc2c3cc[nH]c3c3c4cccc5c6cc[nH]c6c(c(c1)c23)c54. The highest BCUT2D eigenvalue weighted by Crippen LogP contribution is 2.49. The topological polar surface area (TPSA) is 31.6 Å². The maximum atomic E-state index is 3.48. The number of benzene rings is 3. The highest BCUT2D eigenvalue weighted by atomic mass is 14.7. The van der Waals surface area contributed by atoms with Gasteiger partial charge in [0.05, 0.1) is 11.0 Å². The van der Waals surface area contributed by atoms with E-state index in [4.69, 9.17) is 0 Å². The molecular formula is C22H12N2. The summed E-state index contributed by atoms with van der Waals surface area (Å²) in [5.41, 5.74) is 2.53. The Bertz CT molecular complexity index is 1430. The first-order chi connectivity index (χ1) is 11.9. The minimum atomic E-state index is 1.26. The van der Waals surface area contributed by atoms with Gasteiger partial charge >= 0.3 is 0 Å². The van der Waals surface area contributed by atoms with Crippen molar-refractivity contribution in [3.05, 3.63) is 60.9 Å². The number of aromatic nitrogens is 2. The largest absolute Gasteiger partial charge is 0.361 e. The summed E-state index contributed by atoms with van der Waals surface area (Å²) in [5, 5.41) is 13.6. The molecule has 0 aliphatic heterocycles. The standard InChI is InChI=1S/C22H12N2/c1-3-11-13-7-9-23-21(13)20-16-6-2-4-12-14-8-10-24-22(14)19(18(12)16)15(5-1)17(11)20/h1-10,23-24H. The first-order valence-electron chi connectivity index (χ1n) is 8.31. The Kier molecular flexibility index (Phi) is 1.63. The fourth-order valence-electron chi connectivity index (χ4n) is 4.90. The second-order valence-corrected chi connectivity index (χ2v) is 6.74. The van der Waals surface area contributed by atoms with Gasteiger partial charge in [0, 0.05) is 44.7 Å². The third-order valence-electron chi connectivity index (χ3n) is 5.74. The van der Waals surface area contributed by atoms with Crippen LogP contribution in [0.2, 0.25) is 0 Å². The average molecular weight is 304 g/mol. The van der Waals surface area contributed by atoms with E-state index in [0.717, 1.165) is 0 Å². The van der Waals surface area contributed by atoms with Crippen LogP contribution in [0.25, 0.3) is 64.9 Å². The van der Waals surface area contributed by atoms with Crippen molar-refractivity contribution in [1.82, 2.24) is 9.97 Å². The molecule has 0 amide bonds. The van der Waals surface area contributed by atoms with Gasteiger partial charge in [0.1, 0.15) is 0 Å². The zero-order valence-corrected chi connectivity index (χ0v) is 12.8. The van der Waals surface area contributed by atoms with Gasteiger partial charge in [0.25, 0.3) is 0 Å². The van der Waals surface area contributed by atoms with Crippen LogP contribution < -0.4 is 0 Å². The van der Waals surface area contributed by atoms with Crippen molar-refractivity contribution in [2.75, 3.05) is 0 Å². The quantitative estimate of drug-likeness (QED) is 0.315. The van der Waals surface area contributed by atoms with Crippen molar-refractivity contribution in [3.63, 3.8) is 0 Å². The molecule has 5 aromatic carbocycles. The molecule has 2 heterocycles. The second kappa shape index (κ2) is 3.46. The Labute approximate surface area is 136 Å². The maximum Gasteiger partial charge on any atom is 0.0546 e. The fourth-order valence-corrected chi connectivity index (χ4v) is 4.90. The van der Waals surface area contributed by atoms with Crippen LogP contribution in [0.5, 0.6) is 0 Å². The predicted octanol–water partition coefficient (Wildman–Crippen LogP) is 6.14. The lowest BCUT2D eigenvalue weighted by Gasteiger charge is -2.07. The summed E-state index contributed by atoms with van der Waals surface area (Å²) < 4.78 is 0. The lowest BCUT2D eigenvalue weighted by atomic mass is 9.96. The van der Waals surface area contributed by atoms with E-state index in [1.807, 2.05) is 0 Å². The highest BCUT2D eigenvalue weighted by Gasteiger charge is 2.21. The van der Waals surface area contributed by atoms with Crippen molar-refractivity contribution in [2.45, 2.75) is 0 Å². The number of nitrogens with one attached hydrogen (secondary N) is 2. The van der Waals surface area contributed by atoms with E-state index in [1.165, 1.54) is 64.9 Å². The molecule has 0 aliphatic carbocycles. The Morgan fingerprint density at radius 1 is 0.417 bits per heavy atom. The number of fused-ring (bicyclic) bond motifs is 8. The molecule has 0 unspecified atom stereocenters. The van der Waals surface area contributed by atoms with E-state index in [-0.39, 0.29) is 0 Å². The molecule has 110 valence electrons. The smallest absolute Gasteiger partial charge is 0.0546 e. The van der Waals surface area contributed by atoms with Gasteiger partial charge in [0.15, 0.2) is 0 Å². The van der Waals surface area contributed by atoms with Crippen molar-refractivity contribution in [1.29, 1.82) is 0 Å². The van der Waals surface area contributed by atoms with Gasteiger partial charge in [-0.05, 0) is 33.7 Å². The Balaban J connectivity index is 2.06. The maximum absolute atomic E-state index is 3.48. The van der Waals surface area contributed by atoms with Gasteiger partial charge in [0.2, 0.25) is 0 Å². The van der Waals surface area contributed by atoms with Gasteiger partial charge in [-0.1, -0.05) is 36.4 Å². The number of hydrogen-bond acceptors (Lipinski definition) is 0. The normalized spacial score (nSPS) is 13.0. The molecule has 0 spiro atoms. The number of aromatic amines is 2. The molecule has 2 N–H and O–H groups in total. The minimum absolute atomic E-state index is 1.26. The Hall–Kier alpha value is -3.26. The molecule has 0 saturated heterocycles. The molecule has 0 bridgehead atoms. The first-order valence-corrected chi connectivity index (χ1v) is 8.31. The molecule has 2 nitrogen and oxygen atoms in total. The monoisotopic (exact) mass is 304 g/mol. The number of rotatable bonds is 0. The molecule has 7 aromatic rings. The number of H-pyrrole nitrogens is 2. The summed E-state index contributed by atoms with van der Waals surface area (Å²) in [5.74, 6) is 0. The van der Waals surface area contributed by atoms with Crippen molar-refractivity contribution in [3.8, 4) is 0 Å². The molecule has 0 saturated carbocycles. The van der Waals surface area contributed by atoms with Crippen LogP contribution in [-0.2, 0) is 0 Å². The summed E-state index contributed by atoms with van der Waals surface area (Å²) in [6, 6.07) is 17.8. The zero-order chi connectivity index (χ0) is 15.4. The molecule has 2 heteroatoms. The van der Waals surface area contributed by atoms with Crippen molar-refractivity contribution in [2.24, 2.45) is 0 Å². The highest BCUT2D eigenvalue weighted by molar-refractivity contribution is 6.46. The minimum Gasteiger partial charge on any atom is -0.361 e. The zero-order valence-electron chi connectivity index (χ0n) is 12.8. The van der Waals surface area contributed by atoms with Gasteiger partial charge in [-0.3, -0.25) is 0 Å². The van der Waals surface area contributed by atoms with Gasteiger partial charge in [-0.2, -0.15) is 0 Å². The van der Waals surface area contributed by atoms with Crippen molar-refractivity contribution >= 4 is 64.9 Å². The summed E-state index contributed by atoms with van der Waals surface area (Å²) in [4.78, 5) is 6.97. The van der Waals surface area contributed by atoms with Crippen molar-refractivity contribution < 1.29 is 0 Å². The van der Waals surface area contributed by atoms with Gasteiger partial charge in [-0.25, -0.2) is 0 Å². The van der Waals surface area contributed by atoms with Gasteiger partial charge in [-0.15, -0.1) is 0 Å². The van der Waals surface area contributed by atoms with E-state index in [0.29, 0.717) is 0 Å². The lowest BCUT2D eigenvalue weighted by Crippen LogP contribution is -1.80. The Morgan fingerprint density at radius 3 is 1.38 bits per heavy atom. The van der Waals surface area contributed by atoms with Crippen LogP contribution in [0.3, 0.4) is 0 Å². The predicted molar refractivity (Wildman–Crippen MR) is 103 cm³/mol. The van der Waals surface area contributed by atoms with Gasteiger partial charge < -0.3 is 9.97 Å². The third kappa shape index (κ3) is 1.00. The Morgan fingerprint density at radius 2 is 0.875 bits per heavy atom. The second-order valence-electron chi connectivity index (χ2n) is 6.74. The fraction of sp³-hybridized carbons (Fsp3) is 0. The molecule has 0 fully saturated rings.